The Kier molecular flexibility index (Phi) is 4.18. The molecule has 0 aromatic carbocycles. The van der Waals surface area contributed by atoms with Crippen LogP contribution >= 0.6 is 23.2 Å². The monoisotopic (exact) mass is 502 g/mol. The molecule has 2 rings (SSSR count). The molecule has 0 radical (unpaired) electrons. The van der Waals surface area contributed by atoms with E-state index < -0.39 is 8.07 Å². The number of hydrogen-bond acceptors (Lipinski definition) is 3. The fourth-order valence-corrected chi connectivity index (χ4v) is 7.45. The van der Waals surface area contributed by atoms with Crippen LogP contribution in [-0.2, 0) is 26.1 Å². The zero-order valence-corrected chi connectivity index (χ0v) is 19.2. The molecule has 0 fully saturated rings. The molecule has 0 bridgehead atoms. The minimum atomic E-state index is -1.70. The van der Waals surface area contributed by atoms with E-state index in [-0.39, 0.29) is 37.1 Å². The summed E-state index contributed by atoms with van der Waals surface area (Å²) in [6.07, 6.45) is 0. The van der Waals surface area contributed by atoms with Gasteiger partial charge >= 0.3 is 139 Å². The number of ketones is 1. The molecule has 0 spiro atoms. The number of aromatic nitrogens is 1. The number of pyridine rings is 1. The van der Waals surface area contributed by atoms with Crippen molar-refractivity contribution >= 4 is 56.5 Å². The summed E-state index contributed by atoms with van der Waals surface area (Å²) in [5.41, 5.74) is 0.963. The van der Waals surface area contributed by atoms with Gasteiger partial charge in [-0.2, -0.15) is 0 Å². The minimum absolute atomic E-state index is 0.0828. The topological polar surface area (TPSA) is 43.1 Å². The normalized spacial score (nSPS) is 12.2. The van der Waals surface area contributed by atoms with Gasteiger partial charge in [0.05, 0.1) is 0 Å². The van der Waals surface area contributed by atoms with Gasteiger partial charge in [-0.15, -0.1) is 0 Å². The van der Waals surface area contributed by atoms with Crippen LogP contribution in [0, 0.1) is 0 Å². The van der Waals surface area contributed by atoms with Gasteiger partial charge in [0.1, 0.15) is 0 Å². The van der Waals surface area contributed by atoms with Gasteiger partial charge in [-0.1, -0.05) is 0 Å². The van der Waals surface area contributed by atoms with E-state index in [4.69, 9.17) is 27.6 Å². The Labute approximate surface area is 138 Å². The summed E-state index contributed by atoms with van der Waals surface area (Å²) in [4.78, 5) is 15.8. The quantitative estimate of drug-likeness (QED) is 0.361. The number of furan rings is 1. The Bertz CT molecular complexity index is 691. The molecule has 0 N–H and O–H groups in total. The van der Waals surface area contributed by atoms with Crippen LogP contribution in [0.4, 0.5) is 0 Å². The maximum absolute atomic E-state index is 11.6. The summed E-state index contributed by atoms with van der Waals surface area (Å²) in [6, 6.07) is 0. The zero-order chi connectivity index (χ0) is 14.5. The summed E-state index contributed by atoms with van der Waals surface area (Å²) in [6.45, 7) is 7.96. The third kappa shape index (κ3) is 2.64. The first-order valence-electron chi connectivity index (χ1n) is 5.79. The van der Waals surface area contributed by atoms with Gasteiger partial charge in [0.15, 0.2) is 0 Å². The molecule has 0 aliphatic rings. The third-order valence-electron chi connectivity index (χ3n) is 2.85. The van der Waals surface area contributed by atoms with Crippen LogP contribution < -0.4 is 8.46 Å². The van der Waals surface area contributed by atoms with Crippen molar-refractivity contribution in [1.82, 2.24) is 4.98 Å². The van der Waals surface area contributed by atoms with Gasteiger partial charge in [0.25, 0.3) is 0 Å². The molecule has 0 atom stereocenters. The number of rotatable bonds is 2. The van der Waals surface area contributed by atoms with Crippen LogP contribution in [0.2, 0.25) is 29.8 Å². The molecule has 0 aliphatic heterocycles. The fraction of sp³-hybridized carbons (Fsp3) is 0.333. The van der Waals surface area contributed by atoms with Crippen LogP contribution in [0.3, 0.4) is 0 Å². The predicted molar refractivity (Wildman–Crippen MR) is 76.6 cm³/mol. The van der Waals surface area contributed by atoms with E-state index in [1.165, 1.54) is 6.92 Å². The van der Waals surface area contributed by atoms with Crippen molar-refractivity contribution < 1.29 is 35.3 Å². The van der Waals surface area contributed by atoms with Crippen LogP contribution in [0.25, 0.3) is 11.0 Å². The second-order valence-corrected chi connectivity index (χ2v) is 13.9. The molecule has 2 heterocycles. The standard InChI is InChI=1S/C12H12Cl2NO2Si.Hg/c1-6(16)8-5-7-9(13)12(18(2,3)4)17-10(7)11(14)15-8;/h1-4H3;. The second kappa shape index (κ2) is 5.13. The van der Waals surface area contributed by atoms with Crippen molar-refractivity contribution in [2.75, 3.05) is 0 Å². The van der Waals surface area contributed by atoms with Gasteiger partial charge in [0, 0.05) is 0 Å². The Morgan fingerprint density at radius 1 is 1.32 bits per heavy atom. The summed E-state index contributed by atoms with van der Waals surface area (Å²) >= 11 is 12.8. The fourth-order valence-electron chi connectivity index (χ4n) is 1.93. The number of Topliss-reactive ketones (excluding diaryl/α,β-unsaturated/α-hetero) is 1. The number of hydrogen-bond donors (Lipinski definition) is 0. The molecule has 0 aliphatic carbocycles. The number of carbonyl (C=O) groups is 1. The number of carbonyl (C=O) groups excluding carboxylic acids is 1. The first-order chi connectivity index (χ1) is 8.64. The molecule has 7 heteroatoms. The summed E-state index contributed by atoms with van der Waals surface area (Å²) in [5, 5.41) is 2.46. The van der Waals surface area contributed by atoms with E-state index in [0.29, 0.717) is 16.3 Å². The molecule has 0 unspecified atom stereocenters. The average Bonchev–Trinajstić information content (AvgIpc) is 2.61. The summed E-state index contributed by atoms with van der Waals surface area (Å²) in [7, 11) is -1.70. The Morgan fingerprint density at radius 2 is 1.89 bits per heavy atom. The van der Waals surface area contributed by atoms with Crippen molar-refractivity contribution in [1.29, 1.82) is 0 Å². The Hall–Kier alpha value is 0.0919. The van der Waals surface area contributed by atoms with Crippen LogP contribution in [-0.4, -0.2) is 18.8 Å². The van der Waals surface area contributed by atoms with Crippen molar-refractivity contribution in [3.63, 3.8) is 0 Å². The molecule has 3 nitrogen and oxygen atoms in total. The first kappa shape index (κ1) is 15.5. The van der Waals surface area contributed by atoms with E-state index >= 15 is 0 Å². The Balaban J connectivity index is 2.93. The summed E-state index contributed by atoms with van der Waals surface area (Å²) < 4.78 is 6.79. The van der Waals surface area contributed by atoms with Gasteiger partial charge < -0.3 is 0 Å². The molecule has 19 heavy (non-hydrogen) atoms. The number of nitrogens with zero attached hydrogens (tertiary/aromatic N) is 1. The maximum atomic E-state index is 11.6. The van der Waals surface area contributed by atoms with Gasteiger partial charge in [-0.05, 0) is 0 Å². The Morgan fingerprint density at radius 3 is 2.37 bits per heavy atom. The van der Waals surface area contributed by atoms with Crippen molar-refractivity contribution in [3.8, 4) is 0 Å². The molecule has 97 valence electrons. The molecule has 2 aromatic rings. The molecular weight excluding hydrogens is 490 g/mol. The van der Waals surface area contributed by atoms with E-state index in [2.05, 4.69) is 24.6 Å². The van der Waals surface area contributed by atoms with Gasteiger partial charge in [-0.25, -0.2) is 0 Å². The first-order valence-corrected chi connectivity index (χ1v) is 12.8. The van der Waals surface area contributed by atoms with Crippen molar-refractivity contribution in [2.24, 2.45) is 0 Å². The molecule has 2 aromatic heterocycles. The van der Waals surface area contributed by atoms with Crippen LogP contribution in [0.15, 0.2) is 4.42 Å². The SMILES string of the molecule is CC(=O)c1nc(Cl)c2oc([Si](C)(C)C)c(Cl)c2[c]1[Hg]. The number of halogens is 2. The van der Waals surface area contributed by atoms with Crippen LogP contribution in [0.1, 0.15) is 17.4 Å². The summed E-state index contributed by atoms with van der Waals surface area (Å²) in [5.74, 6) is -0.0828. The van der Waals surface area contributed by atoms with E-state index in [1.54, 1.807) is 0 Å². The molecule has 0 saturated heterocycles. The predicted octanol–water partition coefficient (Wildman–Crippen LogP) is 3.05. The molecule has 0 amide bonds. The average molecular weight is 502 g/mol. The molecule has 0 saturated carbocycles. The van der Waals surface area contributed by atoms with Gasteiger partial charge in [0.2, 0.25) is 0 Å². The molecular formula is C12H12Cl2HgNO2Si. The number of fused-ring (bicyclic) bond motifs is 1. The zero-order valence-electron chi connectivity index (χ0n) is 11.2. The third-order valence-corrected chi connectivity index (χ3v) is 8.02. The van der Waals surface area contributed by atoms with E-state index in [1.807, 2.05) is 0 Å². The second-order valence-electron chi connectivity index (χ2n) is 5.49. The van der Waals surface area contributed by atoms with E-state index in [0.717, 1.165) is 13.8 Å². The van der Waals surface area contributed by atoms with Crippen molar-refractivity contribution in [2.45, 2.75) is 26.6 Å². The van der Waals surface area contributed by atoms with Crippen molar-refractivity contribution in [3.05, 3.63) is 15.9 Å². The van der Waals surface area contributed by atoms with Gasteiger partial charge in [-0.3, -0.25) is 0 Å². The van der Waals surface area contributed by atoms with Crippen LogP contribution in [0.5, 0.6) is 0 Å². The van der Waals surface area contributed by atoms with E-state index in [9.17, 15) is 4.79 Å².